The van der Waals surface area contributed by atoms with Gasteiger partial charge >= 0.3 is 0 Å². The molecule has 1 saturated carbocycles. The molecule has 0 aromatic carbocycles. The van der Waals surface area contributed by atoms with Crippen LogP contribution in [-0.4, -0.2) is 39.0 Å². The minimum absolute atomic E-state index is 0.0576. The van der Waals surface area contributed by atoms with E-state index in [0.29, 0.717) is 5.92 Å². The number of aliphatic hydroxyl groups is 1. The molecule has 1 aromatic heterocycles. The van der Waals surface area contributed by atoms with E-state index in [1.807, 2.05) is 0 Å². The Balaban J connectivity index is 1.67. The van der Waals surface area contributed by atoms with Crippen molar-refractivity contribution >= 4 is 0 Å². The average molecular weight is 249 g/mol. The predicted molar refractivity (Wildman–Crippen MR) is 70.1 cm³/mol. The highest BCUT2D eigenvalue weighted by molar-refractivity contribution is 5.09. The van der Waals surface area contributed by atoms with Crippen molar-refractivity contribution in [2.24, 2.45) is 11.8 Å². The first-order valence-electron chi connectivity index (χ1n) is 7.11. The van der Waals surface area contributed by atoms with Crippen LogP contribution < -0.4 is 0 Å². The van der Waals surface area contributed by atoms with E-state index < -0.39 is 0 Å². The van der Waals surface area contributed by atoms with Crippen LogP contribution in [0.1, 0.15) is 31.2 Å². The minimum Gasteiger partial charge on any atom is -0.393 e. The van der Waals surface area contributed by atoms with Crippen LogP contribution in [0, 0.1) is 18.8 Å². The van der Waals surface area contributed by atoms with Crippen LogP contribution in [0.5, 0.6) is 0 Å². The van der Waals surface area contributed by atoms with Crippen molar-refractivity contribution in [1.82, 2.24) is 14.7 Å². The van der Waals surface area contributed by atoms with Crippen LogP contribution in [-0.2, 0) is 13.1 Å². The Labute approximate surface area is 109 Å². The van der Waals surface area contributed by atoms with Gasteiger partial charge in [-0.1, -0.05) is 0 Å². The number of aryl methyl sites for hydroxylation is 2. The van der Waals surface area contributed by atoms with Crippen molar-refractivity contribution in [2.45, 2.75) is 45.9 Å². The van der Waals surface area contributed by atoms with Crippen molar-refractivity contribution in [1.29, 1.82) is 0 Å². The summed E-state index contributed by atoms with van der Waals surface area (Å²) in [6.07, 6.45) is 2.15. The number of hydrogen-bond acceptors (Lipinski definition) is 3. The number of hydrogen-bond donors (Lipinski definition) is 1. The highest BCUT2D eigenvalue weighted by Crippen LogP contribution is 2.38. The molecule has 0 bridgehead atoms. The molecule has 3 unspecified atom stereocenters. The molecule has 2 fully saturated rings. The topological polar surface area (TPSA) is 41.3 Å². The van der Waals surface area contributed by atoms with E-state index in [4.69, 9.17) is 0 Å². The summed E-state index contributed by atoms with van der Waals surface area (Å²) in [5.41, 5.74) is 2.41. The molecule has 3 atom stereocenters. The van der Waals surface area contributed by atoms with Gasteiger partial charge in [0.25, 0.3) is 0 Å². The second-order valence-corrected chi connectivity index (χ2v) is 5.86. The van der Waals surface area contributed by atoms with Gasteiger partial charge in [-0.15, -0.1) is 0 Å². The summed E-state index contributed by atoms with van der Waals surface area (Å²) in [7, 11) is 0. The fourth-order valence-electron chi connectivity index (χ4n) is 3.69. The number of nitrogens with zero attached hydrogens (tertiary/aromatic N) is 3. The van der Waals surface area contributed by atoms with E-state index in [2.05, 4.69) is 34.6 Å². The molecule has 1 N–H and O–H groups in total. The van der Waals surface area contributed by atoms with E-state index in [9.17, 15) is 5.11 Å². The first kappa shape index (κ1) is 12.2. The molecular weight excluding hydrogens is 226 g/mol. The smallest absolute Gasteiger partial charge is 0.0597 e. The maximum absolute atomic E-state index is 9.94. The molecule has 100 valence electrons. The van der Waals surface area contributed by atoms with Gasteiger partial charge in [0.05, 0.1) is 17.5 Å². The lowest BCUT2D eigenvalue weighted by atomic mass is 10.00. The van der Waals surface area contributed by atoms with Crippen molar-refractivity contribution in [2.75, 3.05) is 13.1 Å². The first-order chi connectivity index (χ1) is 8.67. The van der Waals surface area contributed by atoms with Crippen LogP contribution in [0.15, 0.2) is 6.07 Å². The lowest BCUT2D eigenvalue weighted by Gasteiger charge is -2.18. The van der Waals surface area contributed by atoms with Gasteiger partial charge in [0, 0.05) is 32.1 Å². The summed E-state index contributed by atoms with van der Waals surface area (Å²) in [6, 6.07) is 2.19. The number of fused-ring (bicyclic) bond motifs is 1. The third kappa shape index (κ3) is 2.08. The zero-order valence-electron chi connectivity index (χ0n) is 11.3. The standard InChI is InChI=1S/C14H23N3O/c1-3-17-12(6-10(2)15-17)8-16-7-11-4-5-14(18)13(11)9-16/h6,11,13-14,18H,3-5,7-9H2,1-2H3. The number of aliphatic hydroxyl groups excluding tert-OH is 1. The molecule has 4 heteroatoms. The molecule has 3 rings (SSSR count). The average Bonchev–Trinajstić information content (AvgIpc) is 2.97. The summed E-state index contributed by atoms with van der Waals surface area (Å²) in [5, 5.41) is 14.4. The Kier molecular flexibility index (Phi) is 3.16. The molecule has 4 nitrogen and oxygen atoms in total. The summed E-state index contributed by atoms with van der Waals surface area (Å²) in [5.74, 6) is 1.24. The van der Waals surface area contributed by atoms with Crippen LogP contribution in [0.4, 0.5) is 0 Å². The third-order valence-electron chi connectivity index (χ3n) is 4.57. The molecule has 1 saturated heterocycles. The van der Waals surface area contributed by atoms with Crippen molar-refractivity contribution in [3.63, 3.8) is 0 Å². The molecule has 0 amide bonds. The molecule has 0 radical (unpaired) electrons. The van der Waals surface area contributed by atoms with Gasteiger partial charge in [-0.05, 0) is 38.7 Å². The number of likely N-dealkylation sites (tertiary alicyclic amines) is 1. The van der Waals surface area contributed by atoms with Crippen molar-refractivity contribution < 1.29 is 5.11 Å². The van der Waals surface area contributed by atoms with Gasteiger partial charge in [0.2, 0.25) is 0 Å². The van der Waals surface area contributed by atoms with Gasteiger partial charge in [-0.2, -0.15) is 5.10 Å². The summed E-state index contributed by atoms with van der Waals surface area (Å²) >= 11 is 0. The van der Waals surface area contributed by atoms with Gasteiger partial charge in [0.1, 0.15) is 0 Å². The molecule has 2 aliphatic rings. The Morgan fingerprint density at radius 3 is 2.94 bits per heavy atom. The monoisotopic (exact) mass is 249 g/mol. The van der Waals surface area contributed by atoms with Gasteiger partial charge in [-0.3, -0.25) is 9.58 Å². The second kappa shape index (κ2) is 4.67. The van der Waals surface area contributed by atoms with Crippen molar-refractivity contribution in [3.8, 4) is 0 Å². The highest BCUT2D eigenvalue weighted by atomic mass is 16.3. The lowest BCUT2D eigenvalue weighted by Crippen LogP contribution is -2.25. The maximum atomic E-state index is 9.94. The Hall–Kier alpha value is -0.870. The minimum atomic E-state index is -0.0576. The fourth-order valence-corrected chi connectivity index (χ4v) is 3.69. The van der Waals surface area contributed by atoms with Crippen molar-refractivity contribution in [3.05, 3.63) is 17.5 Å². The van der Waals surface area contributed by atoms with Gasteiger partial charge < -0.3 is 5.11 Å². The zero-order valence-corrected chi connectivity index (χ0v) is 11.3. The van der Waals surface area contributed by atoms with Crippen LogP contribution in [0.3, 0.4) is 0 Å². The van der Waals surface area contributed by atoms with Crippen LogP contribution >= 0.6 is 0 Å². The molecular formula is C14H23N3O. The SMILES string of the molecule is CCn1nc(C)cc1CN1CC2CCC(O)C2C1. The maximum Gasteiger partial charge on any atom is 0.0597 e. The van der Waals surface area contributed by atoms with Gasteiger partial charge in [0.15, 0.2) is 0 Å². The molecule has 1 aliphatic heterocycles. The highest BCUT2D eigenvalue weighted by Gasteiger charge is 2.41. The van der Waals surface area contributed by atoms with Crippen LogP contribution in [0.2, 0.25) is 0 Å². The Bertz CT molecular complexity index is 429. The summed E-state index contributed by atoms with van der Waals surface area (Å²) in [4.78, 5) is 2.49. The lowest BCUT2D eigenvalue weighted by molar-refractivity contribution is 0.123. The Morgan fingerprint density at radius 2 is 2.22 bits per heavy atom. The molecule has 1 aromatic rings. The largest absolute Gasteiger partial charge is 0.393 e. The zero-order chi connectivity index (χ0) is 12.7. The number of aromatic nitrogens is 2. The quantitative estimate of drug-likeness (QED) is 0.880. The normalized spacial score (nSPS) is 32.1. The third-order valence-corrected chi connectivity index (χ3v) is 4.57. The van der Waals surface area contributed by atoms with E-state index >= 15 is 0 Å². The number of rotatable bonds is 3. The van der Waals surface area contributed by atoms with E-state index in [1.165, 1.54) is 12.1 Å². The molecule has 0 spiro atoms. The summed E-state index contributed by atoms with van der Waals surface area (Å²) < 4.78 is 2.10. The summed E-state index contributed by atoms with van der Waals surface area (Å²) in [6.45, 7) is 8.31. The molecule has 18 heavy (non-hydrogen) atoms. The fraction of sp³-hybridized carbons (Fsp3) is 0.786. The van der Waals surface area contributed by atoms with E-state index in [0.717, 1.165) is 44.2 Å². The van der Waals surface area contributed by atoms with E-state index in [1.54, 1.807) is 0 Å². The molecule has 2 heterocycles. The second-order valence-electron chi connectivity index (χ2n) is 5.86. The van der Waals surface area contributed by atoms with E-state index in [-0.39, 0.29) is 6.10 Å². The molecule has 1 aliphatic carbocycles. The predicted octanol–water partition coefficient (Wildman–Crippen LogP) is 1.41. The van der Waals surface area contributed by atoms with Gasteiger partial charge in [-0.25, -0.2) is 0 Å². The Morgan fingerprint density at radius 1 is 1.39 bits per heavy atom. The van der Waals surface area contributed by atoms with Crippen LogP contribution in [0.25, 0.3) is 0 Å². The first-order valence-corrected chi connectivity index (χ1v) is 7.11.